The lowest BCUT2D eigenvalue weighted by Crippen LogP contribution is -2.46. The van der Waals surface area contributed by atoms with Crippen LogP contribution in [0.1, 0.15) is 17.5 Å². The number of fused-ring (bicyclic) bond motifs is 1. The molecule has 2 aliphatic rings. The van der Waals surface area contributed by atoms with E-state index in [0.29, 0.717) is 35.5 Å². The van der Waals surface area contributed by atoms with Gasteiger partial charge in [-0.25, -0.2) is 4.99 Å². The first kappa shape index (κ1) is 22.2. The van der Waals surface area contributed by atoms with E-state index in [1.165, 1.54) is 12.1 Å². The molecule has 3 aromatic rings. The maximum atomic E-state index is 12.7. The predicted octanol–water partition coefficient (Wildman–Crippen LogP) is 4.98. The molecule has 2 aromatic carbocycles. The molecule has 5 rings (SSSR count). The van der Waals surface area contributed by atoms with Crippen LogP contribution >= 0.6 is 11.6 Å². The molecule has 0 saturated heterocycles. The molecule has 0 unspecified atom stereocenters. The van der Waals surface area contributed by atoms with E-state index < -0.39 is 11.9 Å². The van der Waals surface area contributed by atoms with Crippen molar-refractivity contribution in [3.8, 4) is 16.9 Å². The molecule has 0 bridgehead atoms. The fourth-order valence-corrected chi connectivity index (χ4v) is 4.54. The van der Waals surface area contributed by atoms with Crippen LogP contribution in [0.5, 0.6) is 5.75 Å². The normalized spacial score (nSPS) is 19.9. The van der Waals surface area contributed by atoms with Gasteiger partial charge in [-0.1, -0.05) is 41.9 Å². The molecule has 2 N–H and O–H groups in total. The number of aromatic nitrogens is 1. The third kappa shape index (κ3) is 3.96. The number of hydrogen-bond donors (Lipinski definition) is 1. The standard InChI is InChI=1S/C24H19ClF3N5O/c25-19-12-16(13-30-14-19)15-3-1-4-18(11-15)23(21-31-9-2-10-33(21)22(29)32-23)17-5-7-20(8-6-17)34-24(26,27)28/h1,3-8,11-14H,2,9-10H2,(H2,29,32)/t23-/m1/s1. The molecule has 2 aliphatic heterocycles. The molecule has 6 nitrogen and oxygen atoms in total. The molecule has 1 aromatic heterocycles. The molecule has 174 valence electrons. The van der Waals surface area contributed by atoms with Crippen molar-refractivity contribution in [3.05, 3.63) is 83.1 Å². The summed E-state index contributed by atoms with van der Waals surface area (Å²) in [5, 5.41) is 0.504. The van der Waals surface area contributed by atoms with Crippen molar-refractivity contribution in [1.82, 2.24) is 9.88 Å². The van der Waals surface area contributed by atoms with Crippen molar-refractivity contribution in [2.75, 3.05) is 13.1 Å². The highest BCUT2D eigenvalue weighted by atomic mass is 35.5. The molecule has 10 heteroatoms. The van der Waals surface area contributed by atoms with Gasteiger partial charge in [0, 0.05) is 31.0 Å². The minimum atomic E-state index is -4.78. The fourth-order valence-electron chi connectivity index (χ4n) is 4.37. The van der Waals surface area contributed by atoms with Crippen molar-refractivity contribution >= 4 is 23.4 Å². The first-order chi connectivity index (χ1) is 16.3. The summed E-state index contributed by atoms with van der Waals surface area (Å²) in [6.07, 6.45) is -0.698. The van der Waals surface area contributed by atoms with E-state index in [0.717, 1.165) is 23.1 Å². The molecule has 0 radical (unpaired) electrons. The summed E-state index contributed by atoms with van der Waals surface area (Å²) in [6, 6.07) is 15.1. The average Bonchev–Trinajstić information content (AvgIpc) is 3.12. The summed E-state index contributed by atoms with van der Waals surface area (Å²) in [6.45, 7) is 1.26. The van der Waals surface area contributed by atoms with E-state index >= 15 is 0 Å². The number of alkyl halides is 3. The van der Waals surface area contributed by atoms with Crippen LogP contribution in [-0.2, 0) is 5.54 Å². The number of amidine groups is 1. The SMILES string of the molecule is NC1=N[C@](c2ccc(OC(F)(F)F)cc2)(c2cccc(-c3cncc(Cl)c3)c2)C2=NCCCN12. The second-order valence-corrected chi connectivity index (χ2v) is 8.37. The Labute approximate surface area is 198 Å². The predicted molar refractivity (Wildman–Crippen MR) is 124 cm³/mol. The molecular formula is C24H19ClF3N5O. The average molecular weight is 486 g/mol. The van der Waals surface area contributed by atoms with E-state index in [1.807, 2.05) is 29.2 Å². The summed E-state index contributed by atoms with van der Waals surface area (Å²) in [5.41, 5.74) is 8.25. The Morgan fingerprint density at radius 1 is 1.00 bits per heavy atom. The van der Waals surface area contributed by atoms with E-state index in [-0.39, 0.29) is 5.75 Å². The summed E-state index contributed by atoms with van der Waals surface area (Å²) >= 11 is 6.14. The Morgan fingerprint density at radius 2 is 1.79 bits per heavy atom. The summed E-state index contributed by atoms with van der Waals surface area (Å²) in [5.74, 6) is 0.633. The molecule has 0 spiro atoms. The third-order valence-electron chi connectivity index (χ3n) is 5.76. The maximum Gasteiger partial charge on any atom is 0.573 e. The molecule has 34 heavy (non-hydrogen) atoms. The number of pyridine rings is 1. The minimum absolute atomic E-state index is 0.309. The number of aliphatic imine (C=N–C) groups is 2. The van der Waals surface area contributed by atoms with Gasteiger partial charge >= 0.3 is 6.36 Å². The Morgan fingerprint density at radius 3 is 2.53 bits per heavy atom. The largest absolute Gasteiger partial charge is 0.573 e. The van der Waals surface area contributed by atoms with Gasteiger partial charge in [0.15, 0.2) is 11.5 Å². The molecule has 0 aliphatic carbocycles. The third-order valence-corrected chi connectivity index (χ3v) is 5.97. The molecule has 3 heterocycles. The molecule has 0 amide bonds. The lowest BCUT2D eigenvalue weighted by molar-refractivity contribution is -0.274. The molecule has 0 saturated carbocycles. The highest BCUT2D eigenvalue weighted by Gasteiger charge is 2.49. The van der Waals surface area contributed by atoms with Gasteiger partial charge < -0.3 is 10.5 Å². The van der Waals surface area contributed by atoms with Gasteiger partial charge in [-0.3, -0.25) is 14.9 Å². The Balaban J connectivity index is 1.67. The van der Waals surface area contributed by atoms with Crippen LogP contribution in [0.3, 0.4) is 0 Å². The van der Waals surface area contributed by atoms with Crippen LogP contribution < -0.4 is 10.5 Å². The molecular weight excluding hydrogens is 467 g/mol. The van der Waals surface area contributed by atoms with E-state index in [9.17, 15) is 13.2 Å². The van der Waals surface area contributed by atoms with Crippen LogP contribution in [0.2, 0.25) is 5.02 Å². The first-order valence-corrected chi connectivity index (χ1v) is 10.9. The zero-order chi connectivity index (χ0) is 23.9. The Bertz CT molecular complexity index is 1290. The van der Waals surface area contributed by atoms with Crippen molar-refractivity contribution in [2.24, 2.45) is 15.7 Å². The van der Waals surface area contributed by atoms with Gasteiger partial charge in [0.1, 0.15) is 11.6 Å². The smallest absolute Gasteiger partial charge is 0.406 e. The van der Waals surface area contributed by atoms with Crippen LogP contribution in [0.4, 0.5) is 13.2 Å². The van der Waals surface area contributed by atoms with Crippen LogP contribution in [0.15, 0.2) is 77.0 Å². The van der Waals surface area contributed by atoms with Crippen LogP contribution in [-0.4, -0.2) is 41.1 Å². The summed E-state index contributed by atoms with van der Waals surface area (Å²) < 4.78 is 42.1. The number of ether oxygens (including phenoxy) is 1. The van der Waals surface area contributed by atoms with Gasteiger partial charge in [0.05, 0.1) is 5.02 Å². The number of benzene rings is 2. The van der Waals surface area contributed by atoms with Gasteiger partial charge in [-0.05, 0) is 47.4 Å². The lowest BCUT2D eigenvalue weighted by atomic mass is 9.81. The number of rotatable bonds is 4. The minimum Gasteiger partial charge on any atom is -0.406 e. The monoisotopic (exact) mass is 485 g/mol. The van der Waals surface area contributed by atoms with Crippen LogP contribution in [0.25, 0.3) is 11.1 Å². The second kappa shape index (κ2) is 8.32. The number of hydrogen-bond acceptors (Lipinski definition) is 6. The number of nitrogens with zero attached hydrogens (tertiary/aromatic N) is 4. The lowest BCUT2D eigenvalue weighted by Gasteiger charge is -2.33. The van der Waals surface area contributed by atoms with Crippen molar-refractivity contribution in [2.45, 2.75) is 18.3 Å². The highest BCUT2D eigenvalue weighted by molar-refractivity contribution is 6.30. The topological polar surface area (TPSA) is 76.1 Å². The van der Waals surface area contributed by atoms with Gasteiger partial charge in [-0.2, -0.15) is 0 Å². The number of guanidine groups is 1. The highest BCUT2D eigenvalue weighted by Crippen LogP contribution is 2.43. The van der Waals surface area contributed by atoms with Crippen molar-refractivity contribution < 1.29 is 17.9 Å². The molecule has 1 atom stereocenters. The van der Waals surface area contributed by atoms with E-state index in [4.69, 9.17) is 27.3 Å². The van der Waals surface area contributed by atoms with Gasteiger partial charge in [-0.15, -0.1) is 13.2 Å². The number of halogens is 4. The first-order valence-electron chi connectivity index (χ1n) is 10.5. The Hall–Kier alpha value is -3.59. The van der Waals surface area contributed by atoms with E-state index in [2.05, 4.69) is 9.72 Å². The fraction of sp³-hybridized carbons (Fsp3) is 0.208. The van der Waals surface area contributed by atoms with Crippen molar-refractivity contribution in [3.63, 3.8) is 0 Å². The zero-order valence-electron chi connectivity index (χ0n) is 17.8. The van der Waals surface area contributed by atoms with Crippen LogP contribution in [0, 0.1) is 0 Å². The summed E-state index contributed by atoms with van der Waals surface area (Å²) in [7, 11) is 0. The second-order valence-electron chi connectivity index (χ2n) is 7.94. The summed E-state index contributed by atoms with van der Waals surface area (Å²) in [4.78, 5) is 15.6. The number of nitrogens with two attached hydrogens (primary N) is 1. The van der Waals surface area contributed by atoms with Gasteiger partial charge in [0.2, 0.25) is 0 Å². The maximum absolute atomic E-state index is 12.7. The van der Waals surface area contributed by atoms with Gasteiger partial charge in [0.25, 0.3) is 0 Å². The van der Waals surface area contributed by atoms with Crippen molar-refractivity contribution in [1.29, 1.82) is 0 Å². The zero-order valence-corrected chi connectivity index (χ0v) is 18.5. The molecule has 0 fully saturated rings. The van der Waals surface area contributed by atoms with E-state index in [1.54, 1.807) is 30.6 Å². The quantitative estimate of drug-likeness (QED) is 0.565. The Kier molecular flexibility index (Phi) is 5.44.